The van der Waals surface area contributed by atoms with Crippen LogP contribution in [-0.2, 0) is 9.84 Å². The Kier molecular flexibility index (Phi) is 8.96. The van der Waals surface area contributed by atoms with E-state index in [1.165, 1.54) is 32.1 Å². The SMILES string of the molecule is Cl.O=c1[nH]c2cc3cc(OCCCCS(=O)(=O)C4CCN(CC5CCCCC5)CC4)ccc3nc2[nH]1. The highest BCUT2D eigenvalue weighted by molar-refractivity contribution is 7.92. The van der Waals surface area contributed by atoms with Gasteiger partial charge >= 0.3 is 5.69 Å². The van der Waals surface area contributed by atoms with Gasteiger partial charge in [-0.25, -0.2) is 18.2 Å². The molecule has 3 aromatic rings. The number of halogens is 1. The molecule has 5 rings (SSSR count). The number of rotatable bonds is 9. The van der Waals surface area contributed by atoms with Crippen molar-refractivity contribution in [2.45, 2.75) is 63.0 Å². The molecule has 1 saturated heterocycles. The van der Waals surface area contributed by atoms with Gasteiger partial charge in [0.1, 0.15) is 5.75 Å². The first-order valence-corrected chi connectivity index (χ1v) is 14.8. The lowest BCUT2D eigenvalue weighted by molar-refractivity contribution is 0.175. The number of benzene rings is 1. The summed E-state index contributed by atoms with van der Waals surface area (Å²) in [5.74, 6) is 1.77. The highest BCUT2D eigenvalue weighted by Crippen LogP contribution is 2.27. The number of ether oxygens (including phenoxy) is 1. The minimum Gasteiger partial charge on any atom is -0.494 e. The van der Waals surface area contributed by atoms with Crippen molar-refractivity contribution in [2.75, 3.05) is 32.0 Å². The van der Waals surface area contributed by atoms with Gasteiger partial charge in [-0.2, -0.15) is 0 Å². The number of likely N-dealkylation sites (tertiary alicyclic amines) is 1. The lowest BCUT2D eigenvalue weighted by atomic mass is 9.88. The number of nitrogens with one attached hydrogen (secondary N) is 2. The number of hydrogen-bond donors (Lipinski definition) is 2. The number of piperidine rings is 1. The van der Waals surface area contributed by atoms with Crippen molar-refractivity contribution >= 4 is 44.3 Å². The van der Waals surface area contributed by atoms with Gasteiger partial charge in [-0.15, -0.1) is 12.4 Å². The number of aromatic amines is 2. The molecule has 0 amide bonds. The van der Waals surface area contributed by atoms with Gasteiger partial charge in [-0.1, -0.05) is 19.3 Å². The Morgan fingerprint density at radius 3 is 2.56 bits per heavy atom. The minimum absolute atomic E-state index is 0. The van der Waals surface area contributed by atoms with E-state index in [9.17, 15) is 13.2 Å². The molecule has 1 aliphatic carbocycles. The van der Waals surface area contributed by atoms with Gasteiger partial charge in [0.05, 0.1) is 28.6 Å². The summed E-state index contributed by atoms with van der Waals surface area (Å²) in [5.41, 5.74) is 1.69. The van der Waals surface area contributed by atoms with Gasteiger partial charge in [-0.05, 0) is 81.8 Å². The Balaban J connectivity index is 0.00000304. The first-order valence-electron chi connectivity index (χ1n) is 13.1. The molecule has 0 spiro atoms. The summed E-state index contributed by atoms with van der Waals surface area (Å²) >= 11 is 0. The Morgan fingerprint density at radius 2 is 1.78 bits per heavy atom. The van der Waals surface area contributed by atoms with E-state index < -0.39 is 9.84 Å². The molecule has 2 aromatic heterocycles. The van der Waals surface area contributed by atoms with Crippen molar-refractivity contribution in [3.63, 3.8) is 0 Å². The van der Waals surface area contributed by atoms with Crippen LogP contribution in [0.4, 0.5) is 0 Å². The third-order valence-corrected chi connectivity index (χ3v) is 9.99. The zero-order valence-corrected chi connectivity index (χ0v) is 22.3. The molecule has 1 aromatic carbocycles. The maximum atomic E-state index is 12.9. The van der Waals surface area contributed by atoms with Crippen molar-refractivity contribution < 1.29 is 13.2 Å². The average Bonchev–Trinajstić information content (AvgIpc) is 3.22. The lowest BCUT2D eigenvalue weighted by Crippen LogP contribution is -2.42. The van der Waals surface area contributed by atoms with Crippen molar-refractivity contribution in [3.8, 4) is 5.75 Å². The molecule has 1 saturated carbocycles. The highest BCUT2D eigenvalue weighted by Gasteiger charge is 2.30. The molecule has 2 fully saturated rings. The lowest BCUT2D eigenvalue weighted by Gasteiger charge is -2.35. The number of aromatic nitrogens is 3. The van der Waals surface area contributed by atoms with Crippen LogP contribution in [0.25, 0.3) is 22.1 Å². The molecule has 10 heteroatoms. The van der Waals surface area contributed by atoms with Crippen LogP contribution < -0.4 is 10.4 Å². The predicted molar refractivity (Wildman–Crippen MR) is 146 cm³/mol. The molecule has 1 aliphatic heterocycles. The third-order valence-electron chi connectivity index (χ3n) is 7.64. The summed E-state index contributed by atoms with van der Waals surface area (Å²) in [6, 6.07) is 7.48. The molecule has 0 unspecified atom stereocenters. The van der Waals surface area contributed by atoms with Gasteiger partial charge in [-0.3, -0.25) is 4.98 Å². The predicted octanol–water partition coefficient (Wildman–Crippen LogP) is 4.44. The second kappa shape index (κ2) is 12.0. The zero-order chi connectivity index (χ0) is 24.3. The number of pyridine rings is 1. The van der Waals surface area contributed by atoms with E-state index in [1.807, 2.05) is 24.3 Å². The van der Waals surface area contributed by atoms with Crippen molar-refractivity contribution in [1.29, 1.82) is 0 Å². The number of imidazole rings is 1. The largest absolute Gasteiger partial charge is 0.494 e. The number of unbranched alkanes of at least 4 members (excludes halogenated alkanes) is 1. The fraction of sp³-hybridized carbons (Fsp3) is 0.615. The summed E-state index contributed by atoms with van der Waals surface area (Å²) in [6.45, 7) is 3.47. The molecule has 3 heterocycles. The standard InChI is InChI=1S/C26H36N4O4S.ClH/c31-26-28-24-17-20-16-21(8-9-23(20)27-25(24)29-26)34-14-4-5-15-35(32,33)22-10-12-30(13-11-22)18-19-6-2-1-3-7-19;/h8-9,16-17,19,22H,1-7,10-15,18H2,(H2,27,28,29,31);1H. The first-order chi connectivity index (χ1) is 17.0. The van der Waals surface area contributed by atoms with Gasteiger partial charge in [0.15, 0.2) is 15.5 Å². The molecule has 2 aliphatic rings. The topological polar surface area (TPSA) is 108 Å². The van der Waals surface area contributed by atoms with Crippen molar-refractivity contribution in [1.82, 2.24) is 19.9 Å². The first kappa shape index (κ1) is 26.9. The van der Waals surface area contributed by atoms with Crippen LogP contribution >= 0.6 is 12.4 Å². The van der Waals surface area contributed by atoms with E-state index >= 15 is 0 Å². The summed E-state index contributed by atoms with van der Waals surface area (Å²) in [6.07, 6.45) is 9.63. The summed E-state index contributed by atoms with van der Waals surface area (Å²) in [7, 11) is -3.06. The molecule has 0 bridgehead atoms. The highest BCUT2D eigenvalue weighted by atomic mass is 35.5. The van der Waals surface area contributed by atoms with Gasteiger partial charge in [0, 0.05) is 11.9 Å². The van der Waals surface area contributed by atoms with Gasteiger partial charge < -0.3 is 14.6 Å². The number of nitrogens with zero attached hydrogens (tertiary/aromatic N) is 2. The maximum absolute atomic E-state index is 12.9. The molecule has 36 heavy (non-hydrogen) atoms. The molecule has 198 valence electrons. The maximum Gasteiger partial charge on any atom is 0.325 e. The monoisotopic (exact) mass is 536 g/mol. The van der Waals surface area contributed by atoms with E-state index in [-0.39, 0.29) is 29.1 Å². The normalized spacial score (nSPS) is 18.4. The number of fused-ring (bicyclic) bond motifs is 2. The molecule has 8 nitrogen and oxygen atoms in total. The van der Waals surface area contributed by atoms with Gasteiger partial charge in [0.25, 0.3) is 0 Å². The Labute approximate surface area is 218 Å². The summed E-state index contributed by atoms with van der Waals surface area (Å²) in [5, 5.41) is 0.693. The van der Waals surface area contributed by atoms with Crippen LogP contribution in [0.1, 0.15) is 57.8 Å². The molecular formula is C26H37ClN4O4S. The van der Waals surface area contributed by atoms with Crippen LogP contribution in [0.5, 0.6) is 5.75 Å². The Morgan fingerprint density at radius 1 is 1.00 bits per heavy atom. The fourth-order valence-electron chi connectivity index (χ4n) is 5.64. The van der Waals surface area contributed by atoms with Crippen molar-refractivity contribution in [3.05, 3.63) is 34.7 Å². The van der Waals surface area contributed by atoms with Crippen LogP contribution in [0.2, 0.25) is 0 Å². The van der Waals surface area contributed by atoms with E-state index in [1.54, 1.807) is 0 Å². The molecule has 2 N–H and O–H groups in total. The second-order valence-electron chi connectivity index (χ2n) is 10.2. The summed E-state index contributed by atoms with van der Waals surface area (Å²) < 4.78 is 31.6. The van der Waals surface area contributed by atoms with E-state index in [4.69, 9.17) is 4.74 Å². The van der Waals surface area contributed by atoms with Crippen LogP contribution in [0.3, 0.4) is 0 Å². The van der Waals surface area contributed by atoms with E-state index in [0.29, 0.717) is 36.4 Å². The van der Waals surface area contributed by atoms with Gasteiger partial charge in [0.2, 0.25) is 0 Å². The van der Waals surface area contributed by atoms with E-state index in [0.717, 1.165) is 49.3 Å². The van der Waals surface area contributed by atoms with Crippen LogP contribution in [-0.4, -0.2) is 65.5 Å². The molecule has 0 atom stereocenters. The fourth-order valence-corrected chi connectivity index (χ4v) is 7.51. The van der Waals surface area contributed by atoms with Crippen LogP contribution in [0, 0.1) is 5.92 Å². The molecular weight excluding hydrogens is 500 g/mol. The number of H-pyrrole nitrogens is 2. The number of hydrogen-bond acceptors (Lipinski definition) is 6. The van der Waals surface area contributed by atoms with Crippen LogP contribution in [0.15, 0.2) is 29.1 Å². The molecule has 0 radical (unpaired) electrons. The third kappa shape index (κ3) is 6.61. The Hall–Kier alpha value is -2.10. The summed E-state index contributed by atoms with van der Waals surface area (Å²) in [4.78, 5) is 23.8. The number of sulfone groups is 1. The zero-order valence-electron chi connectivity index (χ0n) is 20.7. The van der Waals surface area contributed by atoms with E-state index in [2.05, 4.69) is 19.9 Å². The average molecular weight is 537 g/mol. The smallest absolute Gasteiger partial charge is 0.325 e. The Bertz CT molecular complexity index is 1310. The quantitative estimate of drug-likeness (QED) is 0.391. The van der Waals surface area contributed by atoms with Crippen molar-refractivity contribution in [2.24, 2.45) is 5.92 Å². The second-order valence-corrected chi connectivity index (χ2v) is 12.6. The minimum atomic E-state index is -3.06.